The quantitative estimate of drug-likeness (QED) is 0.846. The molecule has 1 aromatic heterocycles. The molecule has 0 saturated carbocycles. The molecule has 0 bridgehead atoms. The number of ether oxygens (including phenoxy) is 1. The van der Waals surface area contributed by atoms with Crippen LogP contribution in [0.15, 0.2) is 51.9 Å². The number of hydrogen-bond acceptors (Lipinski definition) is 2. The first-order valence-electron chi connectivity index (χ1n) is 4.73. The number of aromatic nitrogens is 1. The average Bonchev–Trinajstić information content (AvgIpc) is 2.32. The van der Waals surface area contributed by atoms with Gasteiger partial charge in [0, 0.05) is 22.8 Å². The van der Waals surface area contributed by atoms with E-state index in [2.05, 4.69) is 15.9 Å². The highest BCUT2D eigenvalue weighted by molar-refractivity contribution is 9.10. The van der Waals surface area contributed by atoms with Gasteiger partial charge in [-0.3, -0.25) is 9.36 Å². The summed E-state index contributed by atoms with van der Waals surface area (Å²) in [6.45, 7) is 0. The molecule has 4 heteroatoms. The van der Waals surface area contributed by atoms with Crippen LogP contribution in [0.2, 0.25) is 0 Å². The standard InChI is InChI=1S/C12H10BrNO2/c1-16-11-4-2-3-10(7-11)14-8-9(13)5-6-12(14)15/h2-8H,1H3. The first-order chi connectivity index (χ1) is 7.70. The van der Waals surface area contributed by atoms with Crippen LogP contribution in [0.3, 0.4) is 0 Å². The predicted molar refractivity (Wildman–Crippen MR) is 66.3 cm³/mol. The van der Waals surface area contributed by atoms with Gasteiger partial charge in [0.15, 0.2) is 0 Å². The maximum absolute atomic E-state index is 11.7. The molecule has 2 rings (SSSR count). The molecular formula is C12H10BrNO2. The van der Waals surface area contributed by atoms with E-state index in [0.717, 1.165) is 15.9 Å². The Labute approximate surface area is 101 Å². The Morgan fingerprint density at radius 1 is 1.25 bits per heavy atom. The third-order valence-corrected chi connectivity index (χ3v) is 2.68. The van der Waals surface area contributed by atoms with E-state index in [9.17, 15) is 4.79 Å². The number of pyridine rings is 1. The highest BCUT2D eigenvalue weighted by Gasteiger charge is 2.01. The zero-order chi connectivity index (χ0) is 11.5. The molecule has 82 valence electrons. The molecule has 1 heterocycles. The summed E-state index contributed by atoms with van der Waals surface area (Å²) < 4.78 is 7.54. The average molecular weight is 280 g/mol. The summed E-state index contributed by atoms with van der Waals surface area (Å²) in [5, 5.41) is 0. The molecular weight excluding hydrogens is 270 g/mol. The maximum Gasteiger partial charge on any atom is 0.255 e. The summed E-state index contributed by atoms with van der Waals surface area (Å²) >= 11 is 3.34. The number of halogens is 1. The first kappa shape index (κ1) is 11.0. The summed E-state index contributed by atoms with van der Waals surface area (Å²) in [6.07, 6.45) is 1.73. The first-order valence-corrected chi connectivity index (χ1v) is 5.52. The van der Waals surface area contributed by atoms with Gasteiger partial charge in [-0.1, -0.05) is 6.07 Å². The van der Waals surface area contributed by atoms with Crippen molar-refractivity contribution < 1.29 is 4.74 Å². The van der Waals surface area contributed by atoms with E-state index in [1.165, 1.54) is 6.07 Å². The van der Waals surface area contributed by atoms with Crippen molar-refractivity contribution >= 4 is 15.9 Å². The van der Waals surface area contributed by atoms with Crippen molar-refractivity contribution in [2.75, 3.05) is 7.11 Å². The molecule has 0 aliphatic carbocycles. The number of hydrogen-bond donors (Lipinski definition) is 0. The Bertz CT molecular complexity index is 563. The van der Waals surface area contributed by atoms with E-state index >= 15 is 0 Å². The lowest BCUT2D eigenvalue weighted by Gasteiger charge is -2.07. The van der Waals surface area contributed by atoms with E-state index in [1.54, 1.807) is 23.9 Å². The molecule has 0 aliphatic rings. The van der Waals surface area contributed by atoms with Crippen molar-refractivity contribution in [1.82, 2.24) is 4.57 Å². The van der Waals surface area contributed by atoms with Gasteiger partial charge in [-0.2, -0.15) is 0 Å². The van der Waals surface area contributed by atoms with Gasteiger partial charge in [-0.25, -0.2) is 0 Å². The second-order valence-corrected chi connectivity index (χ2v) is 4.17. The van der Waals surface area contributed by atoms with E-state index in [0.29, 0.717) is 0 Å². The van der Waals surface area contributed by atoms with Crippen LogP contribution in [0.1, 0.15) is 0 Å². The lowest BCUT2D eigenvalue weighted by molar-refractivity contribution is 0.414. The summed E-state index contributed by atoms with van der Waals surface area (Å²) in [6, 6.07) is 10.6. The zero-order valence-corrected chi connectivity index (χ0v) is 10.3. The van der Waals surface area contributed by atoms with Crippen molar-refractivity contribution in [3.63, 3.8) is 0 Å². The summed E-state index contributed by atoms with van der Waals surface area (Å²) in [5.41, 5.74) is 0.710. The van der Waals surface area contributed by atoms with Crippen LogP contribution in [0, 0.1) is 0 Å². The van der Waals surface area contributed by atoms with Gasteiger partial charge in [0.2, 0.25) is 0 Å². The van der Waals surface area contributed by atoms with Crippen LogP contribution >= 0.6 is 15.9 Å². The third kappa shape index (κ3) is 2.17. The fourth-order valence-electron chi connectivity index (χ4n) is 1.42. The third-order valence-electron chi connectivity index (χ3n) is 2.21. The van der Waals surface area contributed by atoms with Gasteiger partial charge in [-0.05, 0) is 34.1 Å². The Morgan fingerprint density at radius 3 is 2.81 bits per heavy atom. The molecule has 1 aromatic carbocycles. The van der Waals surface area contributed by atoms with Crippen LogP contribution in [0.4, 0.5) is 0 Å². The Balaban J connectivity index is 2.58. The van der Waals surface area contributed by atoms with Crippen molar-refractivity contribution in [3.8, 4) is 11.4 Å². The van der Waals surface area contributed by atoms with Crippen molar-refractivity contribution in [2.45, 2.75) is 0 Å². The normalized spacial score (nSPS) is 10.1. The van der Waals surface area contributed by atoms with Crippen LogP contribution < -0.4 is 10.3 Å². The molecule has 16 heavy (non-hydrogen) atoms. The highest BCUT2D eigenvalue weighted by atomic mass is 79.9. The molecule has 0 spiro atoms. The number of nitrogens with zero attached hydrogens (tertiary/aromatic N) is 1. The molecule has 2 aromatic rings. The van der Waals surface area contributed by atoms with E-state index in [4.69, 9.17) is 4.74 Å². The van der Waals surface area contributed by atoms with E-state index < -0.39 is 0 Å². The lowest BCUT2D eigenvalue weighted by atomic mass is 10.3. The minimum atomic E-state index is -0.0727. The highest BCUT2D eigenvalue weighted by Crippen LogP contribution is 2.16. The fraction of sp³-hybridized carbons (Fsp3) is 0.0833. The molecule has 0 amide bonds. The monoisotopic (exact) mass is 279 g/mol. The molecule has 0 aliphatic heterocycles. The summed E-state index contributed by atoms with van der Waals surface area (Å²) in [5.74, 6) is 0.726. The van der Waals surface area contributed by atoms with Gasteiger partial charge < -0.3 is 4.74 Å². The number of methoxy groups -OCH3 is 1. The van der Waals surface area contributed by atoms with Crippen LogP contribution in [-0.4, -0.2) is 11.7 Å². The van der Waals surface area contributed by atoms with Crippen LogP contribution in [0.5, 0.6) is 5.75 Å². The van der Waals surface area contributed by atoms with Gasteiger partial charge in [0.25, 0.3) is 5.56 Å². The van der Waals surface area contributed by atoms with E-state index in [1.807, 2.05) is 24.3 Å². The van der Waals surface area contributed by atoms with Crippen molar-refractivity contribution in [2.24, 2.45) is 0 Å². The van der Waals surface area contributed by atoms with Crippen LogP contribution in [-0.2, 0) is 0 Å². The van der Waals surface area contributed by atoms with Crippen LogP contribution in [0.25, 0.3) is 5.69 Å². The summed E-state index contributed by atoms with van der Waals surface area (Å²) in [4.78, 5) is 11.7. The largest absolute Gasteiger partial charge is 0.497 e. The van der Waals surface area contributed by atoms with Gasteiger partial charge in [0.05, 0.1) is 12.8 Å². The van der Waals surface area contributed by atoms with Gasteiger partial charge >= 0.3 is 0 Å². The minimum absolute atomic E-state index is 0.0727. The zero-order valence-electron chi connectivity index (χ0n) is 8.68. The predicted octanol–water partition coefficient (Wildman–Crippen LogP) is 2.61. The maximum atomic E-state index is 11.7. The molecule has 0 N–H and O–H groups in total. The molecule has 0 saturated heterocycles. The van der Waals surface area contributed by atoms with Crippen molar-refractivity contribution in [1.29, 1.82) is 0 Å². The topological polar surface area (TPSA) is 31.2 Å². The minimum Gasteiger partial charge on any atom is -0.497 e. The Morgan fingerprint density at radius 2 is 2.06 bits per heavy atom. The second kappa shape index (κ2) is 4.53. The van der Waals surface area contributed by atoms with Gasteiger partial charge in [-0.15, -0.1) is 0 Å². The Hall–Kier alpha value is -1.55. The van der Waals surface area contributed by atoms with Gasteiger partial charge in [0.1, 0.15) is 5.75 Å². The molecule has 3 nitrogen and oxygen atoms in total. The fourth-order valence-corrected chi connectivity index (χ4v) is 1.76. The smallest absolute Gasteiger partial charge is 0.255 e. The molecule has 0 radical (unpaired) electrons. The molecule has 0 fully saturated rings. The van der Waals surface area contributed by atoms with E-state index in [-0.39, 0.29) is 5.56 Å². The molecule has 0 atom stereocenters. The lowest BCUT2D eigenvalue weighted by Crippen LogP contribution is -2.15. The Kier molecular flexibility index (Phi) is 3.10. The number of rotatable bonds is 2. The van der Waals surface area contributed by atoms with Crippen molar-refractivity contribution in [3.05, 3.63) is 57.4 Å². The summed E-state index contributed by atoms with van der Waals surface area (Å²) in [7, 11) is 1.60. The SMILES string of the molecule is COc1cccc(-n2cc(Br)ccc2=O)c1. The number of benzene rings is 1. The second-order valence-electron chi connectivity index (χ2n) is 3.26. The molecule has 0 unspecified atom stereocenters.